The van der Waals surface area contributed by atoms with Crippen molar-refractivity contribution in [1.29, 1.82) is 0 Å². The normalized spacial score (nSPS) is 14.2. The highest BCUT2D eigenvalue weighted by Gasteiger charge is 2.06. The van der Waals surface area contributed by atoms with Gasteiger partial charge in [0.1, 0.15) is 12.4 Å². The zero-order chi connectivity index (χ0) is 13.4. The molecule has 2 unspecified atom stereocenters. The van der Waals surface area contributed by atoms with Gasteiger partial charge in [0.25, 0.3) is 0 Å². The van der Waals surface area contributed by atoms with Crippen LogP contribution in [0.4, 0.5) is 0 Å². The summed E-state index contributed by atoms with van der Waals surface area (Å²) < 4.78 is 5.82. The minimum Gasteiger partial charge on any atom is -0.492 e. The van der Waals surface area contributed by atoms with Gasteiger partial charge in [-0.15, -0.1) is 0 Å². The molecule has 0 aliphatic carbocycles. The lowest BCUT2D eigenvalue weighted by atomic mass is 9.99. The van der Waals surface area contributed by atoms with Crippen molar-refractivity contribution in [2.45, 2.75) is 52.0 Å². The molecule has 2 atom stereocenters. The van der Waals surface area contributed by atoms with Crippen LogP contribution in [-0.2, 0) is 0 Å². The maximum Gasteiger partial charge on any atom is 0.119 e. The molecule has 0 saturated carbocycles. The lowest BCUT2D eigenvalue weighted by Gasteiger charge is -2.16. The van der Waals surface area contributed by atoms with Crippen molar-refractivity contribution in [3.05, 3.63) is 29.8 Å². The van der Waals surface area contributed by atoms with Gasteiger partial charge in [0.2, 0.25) is 0 Å². The largest absolute Gasteiger partial charge is 0.492 e. The smallest absolute Gasteiger partial charge is 0.119 e. The number of likely N-dealkylation sites (N-methyl/N-ethyl adjacent to an activating group) is 1. The van der Waals surface area contributed by atoms with Crippen molar-refractivity contribution in [3.63, 3.8) is 0 Å². The number of hydrogen-bond acceptors (Lipinski definition) is 2. The highest BCUT2D eigenvalue weighted by atomic mass is 16.5. The van der Waals surface area contributed by atoms with Gasteiger partial charge in [0.15, 0.2) is 0 Å². The number of benzene rings is 1. The molecule has 2 heteroatoms. The van der Waals surface area contributed by atoms with Crippen molar-refractivity contribution in [2.75, 3.05) is 13.7 Å². The van der Waals surface area contributed by atoms with E-state index in [0.29, 0.717) is 12.0 Å². The van der Waals surface area contributed by atoms with Crippen molar-refractivity contribution >= 4 is 0 Å². The number of rotatable bonds is 8. The fourth-order valence-electron chi connectivity index (χ4n) is 1.98. The second-order valence-corrected chi connectivity index (χ2v) is 4.96. The molecule has 0 bridgehead atoms. The Bertz CT molecular complexity index is 320. The summed E-state index contributed by atoms with van der Waals surface area (Å²) in [4.78, 5) is 0. The van der Waals surface area contributed by atoms with Crippen LogP contribution >= 0.6 is 0 Å². The van der Waals surface area contributed by atoms with Gasteiger partial charge >= 0.3 is 0 Å². The van der Waals surface area contributed by atoms with Gasteiger partial charge < -0.3 is 10.1 Å². The number of hydrogen-bond donors (Lipinski definition) is 1. The summed E-state index contributed by atoms with van der Waals surface area (Å²) in [5.74, 6) is 1.60. The topological polar surface area (TPSA) is 21.3 Å². The van der Waals surface area contributed by atoms with Crippen LogP contribution in [0.3, 0.4) is 0 Å². The van der Waals surface area contributed by atoms with Crippen LogP contribution in [0.5, 0.6) is 5.75 Å². The van der Waals surface area contributed by atoms with Gasteiger partial charge in [-0.2, -0.15) is 0 Å². The first-order valence-corrected chi connectivity index (χ1v) is 7.11. The first-order valence-electron chi connectivity index (χ1n) is 7.11. The Morgan fingerprint density at radius 2 is 1.83 bits per heavy atom. The fourth-order valence-corrected chi connectivity index (χ4v) is 1.98. The Morgan fingerprint density at radius 1 is 1.17 bits per heavy atom. The van der Waals surface area contributed by atoms with E-state index in [0.717, 1.165) is 18.8 Å². The number of nitrogens with one attached hydrogen (secondary N) is 1. The quantitative estimate of drug-likeness (QED) is 0.753. The Kier molecular flexibility index (Phi) is 6.81. The second kappa shape index (κ2) is 8.15. The van der Waals surface area contributed by atoms with Crippen molar-refractivity contribution in [3.8, 4) is 5.75 Å². The molecule has 102 valence electrons. The van der Waals surface area contributed by atoms with E-state index in [1.165, 1.54) is 18.4 Å². The fraction of sp³-hybridized carbons (Fsp3) is 0.625. The van der Waals surface area contributed by atoms with E-state index < -0.39 is 0 Å². The van der Waals surface area contributed by atoms with Crippen molar-refractivity contribution in [2.24, 2.45) is 0 Å². The standard InChI is InChI=1S/C16H27NO/c1-5-7-15(17-4)12-18-16-10-8-14(9-11-16)13(3)6-2/h8-11,13,15,17H,5-7,12H2,1-4H3. The van der Waals surface area contributed by atoms with Gasteiger partial charge in [0.05, 0.1) is 0 Å². The molecule has 0 saturated heterocycles. The van der Waals surface area contributed by atoms with Crippen molar-refractivity contribution in [1.82, 2.24) is 5.32 Å². The minimum atomic E-state index is 0.448. The van der Waals surface area contributed by atoms with E-state index in [2.05, 4.69) is 50.4 Å². The third kappa shape index (κ3) is 4.69. The van der Waals surface area contributed by atoms with Crippen LogP contribution in [0.1, 0.15) is 51.5 Å². The SMILES string of the molecule is CCCC(COc1ccc(C(C)CC)cc1)NC. The molecule has 1 aromatic rings. The van der Waals surface area contributed by atoms with Gasteiger partial charge in [-0.3, -0.25) is 0 Å². The maximum atomic E-state index is 5.82. The Morgan fingerprint density at radius 3 is 2.33 bits per heavy atom. The van der Waals surface area contributed by atoms with Gasteiger partial charge in [-0.1, -0.05) is 39.3 Å². The molecule has 0 radical (unpaired) electrons. The number of ether oxygens (including phenoxy) is 1. The predicted octanol–water partition coefficient (Wildman–Crippen LogP) is 3.97. The summed E-state index contributed by atoms with van der Waals surface area (Å²) in [6.07, 6.45) is 3.52. The molecule has 18 heavy (non-hydrogen) atoms. The van der Waals surface area contributed by atoms with Gasteiger partial charge in [-0.25, -0.2) is 0 Å². The van der Waals surface area contributed by atoms with Crippen LogP contribution in [0.15, 0.2) is 24.3 Å². The summed E-state index contributed by atoms with van der Waals surface area (Å²) >= 11 is 0. The summed E-state index contributed by atoms with van der Waals surface area (Å²) in [5, 5.41) is 3.29. The maximum absolute atomic E-state index is 5.82. The molecule has 0 amide bonds. The Labute approximate surface area is 112 Å². The van der Waals surface area contributed by atoms with E-state index in [1.807, 2.05) is 7.05 Å². The highest BCUT2D eigenvalue weighted by molar-refractivity contribution is 5.29. The Balaban J connectivity index is 2.48. The zero-order valence-corrected chi connectivity index (χ0v) is 12.2. The lowest BCUT2D eigenvalue weighted by molar-refractivity contribution is 0.262. The predicted molar refractivity (Wildman–Crippen MR) is 78.4 cm³/mol. The molecule has 0 heterocycles. The van der Waals surface area contributed by atoms with Crippen LogP contribution in [0.2, 0.25) is 0 Å². The molecule has 0 fully saturated rings. The molecule has 1 aromatic carbocycles. The monoisotopic (exact) mass is 249 g/mol. The highest BCUT2D eigenvalue weighted by Crippen LogP contribution is 2.21. The molecule has 2 nitrogen and oxygen atoms in total. The molecule has 0 aliphatic heterocycles. The van der Waals surface area contributed by atoms with E-state index in [4.69, 9.17) is 4.74 Å². The summed E-state index contributed by atoms with van der Waals surface area (Å²) in [6.45, 7) is 7.42. The van der Waals surface area contributed by atoms with Crippen LogP contribution in [0.25, 0.3) is 0 Å². The zero-order valence-electron chi connectivity index (χ0n) is 12.2. The first-order chi connectivity index (χ1) is 8.71. The molecule has 1 rings (SSSR count). The summed E-state index contributed by atoms with van der Waals surface area (Å²) in [5.41, 5.74) is 1.39. The van der Waals surface area contributed by atoms with Crippen LogP contribution < -0.4 is 10.1 Å². The third-order valence-corrected chi connectivity index (χ3v) is 3.56. The molecule has 0 aliphatic rings. The Hall–Kier alpha value is -1.02. The molecule has 0 aromatic heterocycles. The van der Waals surface area contributed by atoms with Crippen molar-refractivity contribution < 1.29 is 4.74 Å². The third-order valence-electron chi connectivity index (χ3n) is 3.56. The van der Waals surface area contributed by atoms with E-state index in [-0.39, 0.29) is 0 Å². The molecular formula is C16H27NO. The van der Waals surface area contributed by atoms with Gasteiger partial charge in [0, 0.05) is 6.04 Å². The van der Waals surface area contributed by atoms with Gasteiger partial charge in [-0.05, 0) is 43.5 Å². The first kappa shape index (κ1) is 15.0. The van der Waals surface area contributed by atoms with Crippen LogP contribution in [-0.4, -0.2) is 19.7 Å². The summed E-state index contributed by atoms with van der Waals surface area (Å²) in [6, 6.07) is 8.97. The molecular weight excluding hydrogens is 222 g/mol. The average Bonchev–Trinajstić information content (AvgIpc) is 2.43. The lowest BCUT2D eigenvalue weighted by Crippen LogP contribution is -2.31. The molecule has 1 N–H and O–H groups in total. The van der Waals surface area contributed by atoms with E-state index in [1.54, 1.807) is 0 Å². The van der Waals surface area contributed by atoms with E-state index >= 15 is 0 Å². The average molecular weight is 249 g/mol. The summed E-state index contributed by atoms with van der Waals surface area (Å²) in [7, 11) is 2.00. The van der Waals surface area contributed by atoms with Crippen LogP contribution in [0, 0.1) is 0 Å². The van der Waals surface area contributed by atoms with E-state index in [9.17, 15) is 0 Å². The molecule has 0 spiro atoms. The minimum absolute atomic E-state index is 0.448. The second-order valence-electron chi connectivity index (χ2n) is 4.96.